The van der Waals surface area contributed by atoms with Gasteiger partial charge in [0, 0.05) is 11.4 Å². The summed E-state index contributed by atoms with van der Waals surface area (Å²) in [4.78, 5) is 24.0. The molecule has 27 heavy (non-hydrogen) atoms. The molecule has 0 spiro atoms. The highest BCUT2D eigenvalue weighted by molar-refractivity contribution is 8.00. The number of anilines is 2. The molecule has 2 aromatic rings. The lowest BCUT2D eigenvalue weighted by atomic mass is 10.1. The summed E-state index contributed by atoms with van der Waals surface area (Å²) in [6.45, 7) is 4.27. The number of hydrogen-bond acceptors (Lipinski definition) is 3. The minimum absolute atomic E-state index is 0.0959. The summed E-state index contributed by atoms with van der Waals surface area (Å²) in [6, 6.07) is 15.8. The van der Waals surface area contributed by atoms with Gasteiger partial charge in [0.2, 0.25) is 11.8 Å². The first-order valence-corrected chi connectivity index (χ1v) is 10.6. The third kappa shape index (κ3) is 7.87. The number of hydrogen-bond donors (Lipinski definition) is 2. The first kappa shape index (κ1) is 21.0. The molecule has 0 aliphatic heterocycles. The van der Waals surface area contributed by atoms with Gasteiger partial charge in [0.15, 0.2) is 0 Å². The average molecular weight is 385 g/mol. The Bertz CT molecular complexity index is 727. The zero-order valence-electron chi connectivity index (χ0n) is 16.1. The Kier molecular flexibility index (Phi) is 8.92. The zero-order valence-corrected chi connectivity index (χ0v) is 16.9. The van der Waals surface area contributed by atoms with Crippen molar-refractivity contribution in [2.45, 2.75) is 39.5 Å². The molecule has 2 aromatic carbocycles. The second-order valence-electron chi connectivity index (χ2n) is 6.44. The molecule has 0 saturated heterocycles. The molecule has 0 radical (unpaired) electrons. The van der Waals surface area contributed by atoms with Crippen LogP contribution in [0.1, 0.15) is 37.8 Å². The van der Waals surface area contributed by atoms with Crippen molar-refractivity contribution >= 4 is 35.0 Å². The highest BCUT2D eigenvalue weighted by atomic mass is 32.2. The van der Waals surface area contributed by atoms with Crippen molar-refractivity contribution < 1.29 is 9.59 Å². The maximum Gasteiger partial charge on any atom is 0.234 e. The summed E-state index contributed by atoms with van der Waals surface area (Å²) >= 11 is 1.31. The number of thioether (sulfide) groups is 1. The number of unbranched alkanes of at least 4 members (excludes halogenated alkanes) is 1. The summed E-state index contributed by atoms with van der Waals surface area (Å²) in [5.41, 5.74) is 4.09. The molecule has 0 unspecified atom stereocenters. The summed E-state index contributed by atoms with van der Waals surface area (Å²) < 4.78 is 0. The van der Waals surface area contributed by atoms with Gasteiger partial charge in [-0.3, -0.25) is 9.59 Å². The number of rotatable bonds is 10. The van der Waals surface area contributed by atoms with Crippen molar-refractivity contribution in [2.24, 2.45) is 0 Å². The van der Waals surface area contributed by atoms with Crippen molar-refractivity contribution in [1.82, 2.24) is 0 Å². The van der Waals surface area contributed by atoms with Gasteiger partial charge in [-0.2, -0.15) is 0 Å². The van der Waals surface area contributed by atoms with E-state index >= 15 is 0 Å². The molecular weight excluding hydrogens is 356 g/mol. The Balaban J connectivity index is 1.68. The summed E-state index contributed by atoms with van der Waals surface area (Å²) in [5.74, 6) is 0.303. The molecule has 0 heterocycles. The monoisotopic (exact) mass is 384 g/mol. The molecule has 0 aromatic heterocycles. The third-order valence-electron chi connectivity index (χ3n) is 4.17. The summed E-state index contributed by atoms with van der Waals surface area (Å²) in [5, 5.41) is 5.72. The standard InChI is InChI=1S/C22H28N2O2S/c1-3-5-6-18-9-13-20(14-10-18)24-22(26)16-27-15-21(25)23-19-11-7-17(4-2)8-12-19/h7-14H,3-6,15-16H2,1-2H3,(H,23,25)(H,24,26). The van der Waals surface area contributed by atoms with Crippen LogP contribution in [0, 0.1) is 0 Å². The molecule has 0 fully saturated rings. The van der Waals surface area contributed by atoms with Crippen LogP contribution in [-0.4, -0.2) is 23.3 Å². The van der Waals surface area contributed by atoms with Crippen molar-refractivity contribution in [3.05, 3.63) is 59.7 Å². The van der Waals surface area contributed by atoms with E-state index in [0.29, 0.717) is 0 Å². The van der Waals surface area contributed by atoms with Gasteiger partial charge in [-0.15, -0.1) is 11.8 Å². The third-order valence-corrected chi connectivity index (χ3v) is 5.10. The van der Waals surface area contributed by atoms with E-state index in [1.807, 2.05) is 36.4 Å². The Morgan fingerprint density at radius 3 is 1.70 bits per heavy atom. The molecule has 2 rings (SSSR count). The Morgan fingerprint density at radius 2 is 1.26 bits per heavy atom. The van der Waals surface area contributed by atoms with Crippen molar-refractivity contribution in [2.75, 3.05) is 22.1 Å². The topological polar surface area (TPSA) is 58.2 Å². The molecule has 4 nitrogen and oxygen atoms in total. The fourth-order valence-electron chi connectivity index (χ4n) is 2.59. The maximum absolute atomic E-state index is 12.0. The molecule has 2 N–H and O–H groups in total. The smallest absolute Gasteiger partial charge is 0.234 e. The van der Waals surface area contributed by atoms with Crippen LogP contribution in [0.5, 0.6) is 0 Å². The van der Waals surface area contributed by atoms with E-state index in [0.717, 1.165) is 24.2 Å². The quantitative estimate of drug-likeness (QED) is 0.612. The maximum atomic E-state index is 12.0. The summed E-state index contributed by atoms with van der Waals surface area (Å²) in [6.07, 6.45) is 4.39. The normalized spacial score (nSPS) is 10.4. The number of carbonyl (C=O) groups is 2. The zero-order chi connectivity index (χ0) is 19.5. The first-order chi connectivity index (χ1) is 13.1. The predicted molar refractivity (Wildman–Crippen MR) is 115 cm³/mol. The molecular formula is C22H28N2O2S. The van der Waals surface area contributed by atoms with Gasteiger partial charge in [0.1, 0.15) is 0 Å². The SMILES string of the molecule is CCCCc1ccc(NC(=O)CSCC(=O)Nc2ccc(CC)cc2)cc1. The lowest BCUT2D eigenvalue weighted by Gasteiger charge is -2.08. The van der Waals surface area contributed by atoms with Gasteiger partial charge in [0.25, 0.3) is 0 Å². The number of nitrogens with one attached hydrogen (secondary N) is 2. The largest absolute Gasteiger partial charge is 0.325 e. The molecule has 2 amide bonds. The van der Waals surface area contributed by atoms with Crippen LogP contribution in [0.25, 0.3) is 0 Å². The van der Waals surface area contributed by atoms with E-state index in [-0.39, 0.29) is 23.3 Å². The average Bonchev–Trinajstić information content (AvgIpc) is 2.68. The van der Waals surface area contributed by atoms with Crippen molar-refractivity contribution in [3.63, 3.8) is 0 Å². The lowest BCUT2D eigenvalue weighted by Crippen LogP contribution is -2.18. The van der Waals surface area contributed by atoms with E-state index in [1.165, 1.54) is 35.7 Å². The minimum Gasteiger partial charge on any atom is -0.325 e. The van der Waals surface area contributed by atoms with Crippen LogP contribution in [0.2, 0.25) is 0 Å². The van der Waals surface area contributed by atoms with E-state index in [2.05, 4.69) is 36.6 Å². The van der Waals surface area contributed by atoms with Gasteiger partial charge >= 0.3 is 0 Å². The number of aryl methyl sites for hydroxylation is 2. The second kappa shape index (κ2) is 11.4. The molecule has 0 atom stereocenters. The van der Waals surface area contributed by atoms with Gasteiger partial charge in [-0.05, 0) is 54.7 Å². The van der Waals surface area contributed by atoms with Gasteiger partial charge in [-0.25, -0.2) is 0 Å². The predicted octanol–water partition coefficient (Wildman–Crippen LogP) is 4.90. The highest BCUT2D eigenvalue weighted by Crippen LogP contribution is 2.13. The van der Waals surface area contributed by atoms with Gasteiger partial charge in [-0.1, -0.05) is 44.5 Å². The van der Waals surface area contributed by atoms with Crippen molar-refractivity contribution in [1.29, 1.82) is 0 Å². The van der Waals surface area contributed by atoms with Crippen LogP contribution < -0.4 is 10.6 Å². The van der Waals surface area contributed by atoms with Crippen LogP contribution in [-0.2, 0) is 22.4 Å². The molecule has 0 aliphatic carbocycles. The Morgan fingerprint density at radius 1 is 0.778 bits per heavy atom. The molecule has 144 valence electrons. The van der Waals surface area contributed by atoms with E-state index in [9.17, 15) is 9.59 Å². The molecule has 0 aliphatic rings. The Hall–Kier alpha value is -2.27. The number of amides is 2. The first-order valence-electron chi connectivity index (χ1n) is 9.46. The lowest BCUT2D eigenvalue weighted by molar-refractivity contribution is -0.114. The summed E-state index contributed by atoms with van der Waals surface area (Å²) in [7, 11) is 0. The fraction of sp³-hybridized carbons (Fsp3) is 0.364. The van der Waals surface area contributed by atoms with Gasteiger partial charge in [0.05, 0.1) is 11.5 Å². The van der Waals surface area contributed by atoms with Crippen LogP contribution >= 0.6 is 11.8 Å². The van der Waals surface area contributed by atoms with Crippen LogP contribution in [0.3, 0.4) is 0 Å². The number of carbonyl (C=O) groups excluding carboxylic acids is 2. The van der Waals surface area contributed by atoms with E-state index in [4.69, 9.17) is 0 Å². The highest BCUT2D eigenvalue weighted by Gasteiger charge is 2.07. The van der Waals surface area contributed by atoms with E-state index < -0.39 is 0 Å². The number of benzene rings is 2. The van der Waals surface area contributed by atoms with Crippen molar-refractivity contribution in [3.8, 4) is 0 Å². The second-order valence-corrected chi connectivity index (χ2v) is 7.43. The fourth-order valence-corrected chi connectivity index (χ4v) is 3.21. The molecule has 5 heteroatoms. The van der Waals surface area contributed by atoms with Crippen LogP contribution in [0.4, 0.5) is 11.4 Å². The van der Waals surface area contributed by atoms with E-state index in [1.54, 1.807) is 0 Å². The minimum atomic E-state index is -0.0997. The Labute approximate surface area is 166 Å². The van der Waals surface area contributed by atoms with Crippen LogP contribution in [0.15, 0.2) is 48.5 Å². The molecule has 0 saturated carbocycles. The molecule has 0 bridgehead atoms. The van der Waals surface area contributed by atoms with Gasteiger partial charge < -0.3 is 10.6 Å².